The maximum absolute atomic E-state index is 13.1. The number of alkyl halides is 1. The first-order valence-corrected chi connectivity index (χ1v) is 9.37. The van der Waals surface area contributed by atoms with Crippen molar-refractivity contribution in [3.63, 3.8) is 0 Å². The maximum atomic E-state index is 13.1. The molecule has 2 aliphatic carbocycles. The van der Waals surface area contributed by atoms with Crippen LogP contribution in [0.15, 0.2) is 24.3 Å². The molecule has 0 N–H and O–H groups in total. The Morgan fingerprint density at radius 1 is 1.19 bits per heavy atom. The van der Waals surface area contributed by atoms with Gasteiger partial charge in [-0.3, -0.25) is 4.79 Å². The average Bonchev–Trinajstić information content (AvgIpc) is 2.48. The molecule has 0 heterocycles. The SMILES string of the molecule is O=C(C1CCCc2ccccc21)N(CCCBr)C1CCC1. The molecule has 1 fully saturated rings. The molecule has 1 atom stereocenters. The number of benzene rings is 1. The van der Waals surface area contributed by atoms with Crippen LogP contribution < -0.4 is 0 Å². The van der Waals surface area contributed by atoms with Gasteiger partial charge in [-0.25, -0.2) is 0 Å². The van der Waals surface area contributed by atoms with Gasteiger partial charge in [0.15, 0.2) is 0 Å². The molecule has 0 spiro atoms. The zero-order valence-corrected chi connectivity index (χ0v) is 14.1. The molecule has 1 unspecified atom stereocenters. The largest absolute Gasteiger partial charge is 0.339 e. The highest BCUT2D eigenvalue weighted by Crippen LogP contribution is 2.35. The highest BCUT2D eigenvalue weighted by atomic mass is 79.9. The van der Waals surface area contributed by atoms with E-state index in [1.807, 2.05) is 0 Å². The number of hydrogen-bond acceptors (Lipinski definition) is 1. The summed E-state index contributed by atoms with van der Waals surface area (Å²) in [4.78, 5) is 15.3. The molecule has 3 rings (SSSR count). The van der Waals surface area contributed by atoms with Gasteiger partial charge in [0.05, 0.1) is 5.92 Å². The molecule has 1 aromatic carbocycles. The van der Waals surface area contributed by atoms with Crippen LogP contribution in [0.5, 0.6) is 0 Å². The number of rotatable bonds is 5. The van der Waals surface area contributed by atoms with Crippen LogP contribution in [0.25, 0.3) is 0 Å². The topological polar surface area (TPSA) is 20.3 Å². The van der Waals surface area contributed by atoms with Crippen LogP contribution in [-0.2, 0) is 11.2 Å². The Morgan fingerprint density at radius 3 is 2.71 bits per heavy atom. The van der Waals surface area contributed by atoms with E-state index in [0.717, 1.165) is 37.6 Å². The van der Waals surface area contributed by atoms with Gasteiger partial charge in [-0.05, 0) is 56.1 Å². The monoisotopic (exact) mass is 349 g/mol. The number of nitrogens with zero attached hydrogens (tertiary/aromatic N) is 1. The molecular weight excluding hydrogens is 326 g/mol. The second-order valence-corrected chi connectivity index (χ2v) is 7.10. The summed E-state index contributed by atoms with van der Waals surface area (Å²) in [5, 5.41) is 0.977. The van der Waals surface area contributed by atoms with Crippen LogP contribution in [0.3, 0.4) is 0 Å². The Kier molecular flexibility index (Phi) is 4.99. The third kappa shape index (κ3) is 3.18. The van der Waals surface area contributed by atoms with Crippen LogP contribution in [-0.4, -0.2) is 28.7 Å². The molecule has 1 aromatic rings. The number of amides is 1. The minimum atomic E-state index is 0.103. The van der Waals surface area contributed by atoms with Crippen LogP contribution in [0, 0.1) is 0 Å². The third-order valence-corrected chi connectivity index (χ3v) is 5.56. The number of carbonyl (C=O) groups excluding carboxylic acids is 1. The Bertz CT molecular complexity index is 498. The average molecular weight is 350 g/mol. The molecular formula is C18H24BrNO. The lowest BCUT2D eigenvalue weighted by atomic mass is 9.81. The van der Waals surface area contributed by atoms with Crippen LogP contribution >= 0.6 is 15.9 Å². The lowest BCUT2D eigenvalue weighted by Crippen LogP contribution is -2.47. The van der Waals surface area contributed by atoms with Crippen molar-refractivity contribution in [1.29, 1.82) is 0 Å². The van der Waals surface area contributed by atoms with Crippen LogP contribution in [0.1, 0.15) is 55.6 Å². The van der Waals surface area contributed by atoms with Gasteiger partial charge >= 0.3 is 0 Å². The summed E-state index contributed by atoms with van der Waals surface area (Å²) >= 11 is 3.50. The predicted molar refractivity (Wildman–Crippen MR) is 89.9 cm³/mol. The fourth-order valence-electron chi connectivity index (χ4n) is 3.61. The van der Waals surface area contributed by atoms with Crippen molar-refractivity contribution >= 4 is 21.8 Å². The smallest absolute Gasteiger partial charge is 0.230 e. The summed E-state index contributed by atoms with van der Waals surface area (Å²) in [6, 6.07) is 9.05. The molecule has 1 amide bonds. The molecule has 114 valence electrons. The van der Waals surface area contributed by atoms with Gasteiger partial charge in [0.2, 0.25) is 5.91 Å². The van der Waals surface area contributed by atoms with E-state index in [4.69, 9.17) is 0 Å². The van der Waals surface area contributed by atoms with Gasteiger partial charge in [0.1, 0.15) is 0 Å². The van der Waals surface area contributed by atoms with E-state index >= 15 is 0 Å². The Balaban J connectivity index is 1.79. The number of halogens is 1. The molecule has 3 heteroatoms. The van der Waals surface area contributed by atoms with E-state index in [-0.39, 0.29) is 5.92 Å². The van der Waals surface area contributed by atoms with Crippen LogP contribution in [0.4, 0.5) is 0 Å². The van der Waals surface area contributed by atoms with Gasteiger partial charge in [0.25, 0.3) is 0 Å². The summed E-state index contributed by atoms with van der Waals surface area (Å²) in [6.07, 6.45) is 8.02. The zero-order valence-electron chi connectivity index (χ0n) is 12.6. The number of hydrogen-bond donors (Lipinski definition) is 0. The van der Waals surface area contributed by atoms with E-state index in [0.29, 0.717) is 11.9 Å². The van der Waals surface area contributed by atoms with Crippen LogP contribution in [0.2, 0.25) is 0 Å². The summed E-state index contributed by atoms with van der Waals surface area (Å²) in [7, 11) is 0. The fraction of sp³-hybridized carbons (Fsp3) is 0.611. The minimum Gasteiger partial charge on any atom is -0.339 e. The Labute approximate surface area is 136 Å². The van der Waals surface area contributed by atoms with E-state index in [2.05, 4.69) is 45.1 Å². The quantitative estimate of drug-likeness (QED) is 0.726. The molecule has 0 saturated heterocycles. The van der Waals surface area contributed by atoms with Crippen molar-refractivity contribution in [1.82, 2.24) is 4.90 Å². The van der Waals surface area contributed by atoms with Crippen molar-refractivity contribution in [3.8, 4) is 0 Å². The molecule has 0 aromatic heterocycles. The first-order chi connectivity index (χ1) is 10.3. The molecule has 2 nitrogen and oxygen atoms in total. The van der Waals surface area contributed by atoms with Crippen molar-refractivity contribution < 1.29 is 4.79 Å². The van der Waals surface area contributed by atoms with Crippen molar-refractivity contribution in [2.24, 2.45) is 0 Å². The van der Waals surface area contributed by atoms with E-state index in [1.54, 1.807) is 0 Å². The molecule has 0 radical (unpaired) electrons. The van der Waals surface area contributed by atoms with Gasteiger partial charge in [-0.2, -0.15) is 0 Å². The molecule has 21 heavy (non-hydrogen) atoms. The molecule has 0 bridgehead atoms. The minimum absolute atomic E-state index is 0.103. The van der Waals surface area contributed by atoms with E-state index in [9.17, 15) is 4.79 Å². The summed E-state index contributed by atoms with van der Waals surface area (Å²) in [5.41, 5.74) is 2.67. The Hall–Kier alpha value is -0.830. The summed E-state index contributed by atoms with van der Waals surface area (Å²) < 4.78 is 0. The Morgan fingerprint density at radius 2 is 2.00 bits per heavy atom. The second-order valence-electron chi connectivity index (χ2n) is 6.30. The van der Waals surface area contributed by atoms with Crippen molar-refractivity contribution in [2.45, 2.75) is 56.9 Å². The lowest BCUT2D eigenvalue weighted by molar-refractivity contribution is -0.137. The molecule has 0 aliphatic heterocycles. The number of carbonyl (C=O) groups is 1. The van der Waals surface area contributed by atoms with Gasteiger partial charge in [-0.1, -0.05) is 40.2 Å². The lowest BCUT2D eigenvalue weighted by Gasteiger charge is -2.40. The maximum Gasteiger partial charge on any atom is 0.230 e. The summed E-state index contributed by atoms with van der Waals surface area (Å²) in [5.74, 6) is 0.485. The molecule has 2 aliphatic rings. The van der Waals surface area contributed by atoms with E-state index < -0.39 is 0 Å². The first-order valence-electron chi connectivity index (χ1n) is 8.25. The van der Waals surface area contributed by atoms with E-state index in [1.165, 1.54) is 30.4 Å². The summed E-state index contributed by atoms with van der Waals surface area (Å²) in [6.45, 7) is 0.910. The first kappa shape index (κ1) is 15.1. The number of aryl methyl sites for hydroxylation is 1. The predicted octanol–water partition coefficient (Wildman–Crippen LogP) is 4.27. The normalized spacial score (nSPS) is 21.5. The van der Waals surface area contributed by atoms with Crippen molar-refractivity contribution in [3.05, 3.63) is 35.4 Å². The number of fused-ring (bicyclic) bond motifs is 1. The highest BCUT2D eigenvalue weighted by Gasteiger charge is 2.34. The highest BCUT2D eigenvalue weighted by molar-refractivity contribution is 9.09. The van der Waals surface area contributed by atoms with Crippen molar-refractivity contribution in [2.75, 3.05) is 11.9 Å². The standard InChI is InChI=1S/C18H24BrNO/c19-12-5-13-20(15-8-4-9-15)18(21)17-11-3-7-14-6-1-2-10-16(14)17/h1-2,6,10,15,17H,3-5,7-9,11-13H2. The van der Waals surface area contributed by atoms with Gasteiger partial charge in [0, 0.05) is 17.9 Å². The zero-order chi connectivity index (χ0) is 14.7. The second kappa shape index (κ2) is 6.95. The van der Waals surface area contributed by atoms with Gasteiger partial charge in [-0.15, -0.1) is 0 Å². The molecule has 1 saturated carbocycles. The third-order valence-electron chi connectivity index (χ3n) is 5.00. The fourth-order valence-corrected chi connectivity index (χ4v) is 3.86. The van der Waals surface area contributed by atoms with Gasteiger partial charge < -0.3 is 4.90 Å².